The van der Waals surface area contributed by atoms with Crippen LogP contribution in [0.15, 0.2) is 18.2 Å². The van der Waals surface area contributed by atoms with Crippen LogP contribution >= 0.6 is 12.2 Å². The Labute approximate surface area is 87.8 Å². The lowest BCUT2D eigenvalue weighted by atomic mass is 10.1. The molecule has 3 nitrogen and oxygen atoms in total. The molecule has 0 aromatic heterocycles. The van der Waals surface area contributed by atoms with E-state index in [-0.39, 0.29) is 0 Å². The SMILES string of the molecule is NC(=S)Cc1ccc2c(c1)OCCO2. The van der Waals surface area contributed by atoms with Crippen molar-refractivity contribution in [2.24, 2.45) is 5.73 Å². The maximum Gasteiger partial charge on any atom is 0.161 e. The third-order valence-electron chi connectivity index (χ3n) is 1.98. The average molecular weight is 209 g/mol. The highest BCUT2D eigenvalue weighted by Crippen LogP contribution is 2.30. The Hall–Kier alpha value is -1.29. The van der Waals surface area contributed by atoms with Crippen molar-refractivity contribution in [1.82, 2.24) is 0 Å². The molecule has 1 heterocycles. The van der Waals surface area contributed by atoms with Crippen LogP contribution in [-0.4, -0.2) is 18.2 Å². The van der Waals surface area contributed by atoms with Crippen molar-refractivity contribution in [3.8, 4) is 11.5 Å². The van der Waals surface area contributed by atoms with Gasteiger partial charge in [0.2, 0.25) is 0 Å². The molecule has 0 saturated heterocycles. The number of ether oxygens (including phenoxy) is 2. The maximum absolute atomic E-state index is 5.46. The fourth-order valence-corrected chi connectivity index (χ4v) is 1.57. The van der Waals surface area contributed by atoms with Crippen LogP contribution in [0.1, 0.15) is 5.56 Å². The Morgan fingerprint density at radius 3 is 2.71 bits per heavy atom. The zero-order valence-electron chi connectivity index (χ0n) is 7.66. The van der Waals surface area contributed by atoms with E-state index in [0.717, 1.165) is 17.1 Å². The van der Waals surface area contributed by atoms with E-state index in [1.165, 1.54) is 0 Å². The second kappa shape index (κ2) is 3.84. The molecule has 0 spiro atoms. The largest absolute Gasteiger partial charge is 0.486 e. The molecular weight excluding hydrogens is 198 g/mol. The molecule has 0 radical (unpaired) electrons. The summed E-state index contributed by atoms with van der Waals surface area (Å²) in [5.74, 6) is 1.58. The van der Waals surface area contributed by atoms with Crippen molar-refractivity contribution in [3.63, 3.8) is 0 Å². The van der Waals surface area contributed by atoms with E-state index in [0.29, 0.717) is 24.6 Å². The predicted octanol–water partition coefficient (Wildman–Crippen LogP) is 1.29. The molecule has 0 aliphatic carbocycles. The zero-order valence-corrected chi connectivity index (χ0v) is 8.47. The smallest absolute Gasteiger partial charge is 0.161 e. The first kappa shape index (κ1) is 9.27. The molecule has 74 valence electrons. The molecular formula is C10H11NO2S. The van der Waals surface area contributed by atoms with E-state index in [1.54, 1.807) is 0 Å². The molecule has 0 atom stereocenters. The van der Waals surface area contributed by atoms with Crippen molar-refractivity contribution in [1.29, 1.82) is 0 Å². The fraction of sp³-hybridized carbons (Fsp3) is 0.300. The second-order valence-electron chi connectivity index (χ2n) is 3.12. The second-order valence-corrected chi connectivity index (χ2v) is 3.65. The molecule has 4 heteroatoms. The van der Waals surface area contributed by atoms with Gasteiger partial charge in [0, 0.05) is 6.42 Å². The first-order chi connectivity index (χ1) is 6.75. The molecule has 0 bridgehead atoms. The summed E-state index contributed by atoms with van der Waals surface area (Å²) in [6.07, 6.45) is 0.603. The van der Waals surface area contributed by atoms with Crippen LogP contribution in [0.2, 0.25) is 0 Å². The first-order valence-corrected chi connectivity index (χ1v) is 4.83. The lowest BCUT2D eigenvalue weighted by molar-refractivity contribution is 0.171. The number of fused-ring (bicyclic) bond motifs is 1. The molecule has 1 aliphatic rings. The van der Waals surface area contributed by atoms with E-state index >= 15 is 0 Å². The summed E-state index contributed by atoms with van der Waals surface area (Å²) in [7, 11) is 0. The van der Waals surface area contributed by atoms with E-state index < -0.39 is 0 Å². The van der Waals surface area contributed by atoms with Crippen molar-refractivity contribution in [3.05, 3.63) is 23.8 Å². The highest BCUT2D eigenvalue weighted by Gasteiger charge is 2.11. The lowest BCUT2D eigenvalue weighted by Crippen LogP contribution is -2.16. The van der Waals surface area contributed by atoms with Crippen molar-refractivity contribution >= 4 is 17.2 Å². The highest BCUT2D eigenvalue weighted by atomic mass is 32.1. The van der Waals surface area contributed by atoms with Gasteiger partial charge in [-0.25, -0.2) is 0 Å². The Morgan fingerprint density at radius 1 is 1.29 bits per heavy atom. The Balaban J connectivity index is 2.24. The Kier molecular flexibility index (Phi) is 2.54. The van der Waals surface area contributed by atoms with Gasteiger partial charge < -0.3 is 15.2 Å². The summed E-state index contributed by atoms with van der Waals surface area (Å²) in [5, 5.41) is 0. The molecule has 0 amide bonds. The van der Waals surface area contributed by atoms with E-state index in [2.05, 4.69) is 0 Å². The number of nitrogens with two attached hydrogens (primary N) is 1. The highest BCUT2D eigenvalue weighted by molar-refractivity contribution is 7.80. The molecule has 1 aliphatic heterocycles. The molecule has 0 saturated carbocycles. The number of hydrogen-bond acceptors (Lipinski definition) is 3. The molecule has 14 heavy (non-hydrogen) atoms. The maximum atomic E-state index is 5.46. The van der Waals surface area contributed by atoms with Gasteiger partial charge in [-0.2, -0.15) is 0 Å². The molecule has 2 rings (SSSR count). The van der Waals surface area contributed by atoms with Gasteiger partial charge in [-0.05, 0) is 17.7 Å². The van der Waals surface area contributed by atoms with E-state index in [4.69, 9.17) is 27.4 Å². The third kappa shape index (κ3) is 1.96. The molecule has 0 fully saturated rings. The summed E-state index contributed by atoms with van der Waals surface area (Å²) in [5.41, 5.74) is 6.52. The monoisotopic (exact) mass is 209 g/mol. The molecule has 1 aromatic rings. The number of hydrogen-bond donors (Lipinski definition) is 1. The summed E-state index contributed by atoms with van der Waals surface area (Å²) >= 11 is 4.84. The van der Waals surface area contributed by atoms with Gasteiger partial charge in [0.25, 0.3) is 0 Å². The summed E-state index contributed by atoms with van der Waals surface area (Å²) in [4.78, 5) is 0.488. The molecule has 0 unspecified atom stereocenters. The van der Waals surface area contributed by atoms with Gasteiger partial charge in [-0.15, -0.1) is 0 Å². The number of thiocarbonyl (C=S) groups is 1. The summed E-state index contributed by atoms with van der Waals surface area (Å²) < 4.78 is 10.8. The number of benzene rings is 1. The van der Waals surface area contributed by atoms with Crippen LogP contribution in [0.25, 0.3) is 0 Å². The van der Waals surface area contributed by atoms with Crippen molar-refractivity contribution < 1.29 is 9.47 Å². The quantitative estimate of drug-likeness (QED) is 0.745. The average Bonchev–Trinajstić information content (AvgIpc) is 2.17. The van der Waals surface area contributed by atoms with Crippen LogP contribution < -0.4 is 15.2 Å². The Morgan fingerprint density at radius 2 is 2.00 bits per heavy atom. The minimum Gasteiger partial charge on any atom is -0.486 e. The number of rotatable bonds is 2. The van der Waals surface area contributed by atoms with Crippen LogP contribution in [-0.2, 0) is 6.42 Å². The summed E-state index contributed by atoms with van der Waals surface area (Å²) in [6, 6.07) is 5.77. The third-order valence-corrected chi connectivity index (χ3v) is 2.13. The van der Waals surface area contributed by atoms with Gasteiger partial charge in [-0.3, -0.25) is 0 Å². The topological polar surface area (TPSA) is 44.5 Å². The predicted molar refractivity (Wildman–Crippen MR) is 57.9 cm³/mol. The Bertz CT molecular complexity index is 365. The van der Waals surface area contributed by atoms with Crippen LogP contribution in [0.4, 0.5) is 0 Å². The molecule has 2 N–H and O–H groups in total. The first-order valence-electron chi connectivity index (χ1n) is 4.42. The van der Waals surface area contributed by atoms with Gasteiger partial charge in [-0.1, -0.05) is 18.3 Å². The zero-order chi connectivity index (χ0) is 9.97. The van der Waals surface area contributed by atoms with Gasteiger partial charge >= 0.3 is 0 Å². The lowest BCUT2D eigenvalue weighted by Gasteiger charge is -2.18. The standard InChI is InChI=1S/C10H11NO2S/c11-10(14)6-7-1-2-8-9(5-7)13-4-3-12-8/h1-2,5H,3-4,6H2,(H2,11,14). The van der Waals surface area contributed by atoms with Gasteiger partial charge in [0.1, 0.15) is 13.2 Å². The molecule has 1 aromatic carbocycles. The van der Waals surface area contributed by atoms with Crippen LogP contribution in [0.5, 0.6) is 11.5 Å². The minimum atomic E-state index is 0.488. The normalized spacial score (nSPS) is 13.7. The summed E-state index contributed by atoms with van der Waals surface area (Å²) in [6.45, 7) is 1.21. The minimum absolute atomic E-state index is 0.488. The van der Waals surface area contributed by atoms with Gasteiger partial charge in [0.05, 0.1) is 4.99 Å². The van der Waals surface area contributed by atoms with Crippen LogP contribution in [0, 0.1) is 0 Å². The fourth-order valence-electron chi connectivity index (χ4n) is 1.40. The van der Waals surface area contributed by atoms with Crippen molar-refractivity contribution in [2.75, 3.05) is 13.2 Å². The van der Waals surface area contributed by atoms with Crippen molar-refractivity contribution in [2.45, 2.75) is 6.42 Å². The van der Waals surface area contributed by atoms with E-state index in [1.807, 2.05) is 18.2 Å². The van der Waals surface area contributed by atoms with Crippen LogP contribution in [0.3, 0.4) is 0 Å². The van der Waals surface area contributed by atoms with E-state index in [9.17, 15) is 0 Å². The van der Waals surface area contributed by atoms with Gasteiger partial charge in [0.15, 0.2) is 11.5 Å².